The first-order chi connectivity index (χ1) is 26.5. The van der Waals surface area contributed by atoms with Gasteiger partial charge in [-0.2, -0.15) is 0 Å². The van der Waals surface area contributed by atoms with Gasteiger partial charge in [0.05, 0.1) is 25.2 Å². The molecule has 0 spiro atoms. The van der Waals surface area contributed by atoms with Crippen LogP contribution in [0.5, 0.6) is 0 Å². The second kappa shape index (κ2) is 41.5. The molecule has 0 saturated heterocycles. The minimum atomic E-state index is -0.806. The number of aliphatic hydroxyl groups is 2. The van der Waals surface area contributed by atoms with Crippen LogP contribution in [-0.2, 0) is 14.3 Å². The van der Waals surface area contributed by atoms with Gasteiger partial charge >= 0.3 is 5.97 Å². The highest BCUT2D eigenvalue weighted by Crippen LogP contribution is 2.16. The van der Waals surface area contributed by atoms with Gasteiger partial charge in [0.1, 0.15) is 6.10 Å². The molecule has 0 rings (SSSR count). The summed E-state index contributed by atoms with van der Waals surface area (Å²) in [5, 5.41) is 23.6. The van der Waals surface area contributed by atoms with Crippen LogP contribution in [-0.4, -0.2) is 46.9 Å². The second-order valence-electron chi connectivity index (χ2n) is 14.9. The normalized spacial score (nSPS) is 14.1. The van der Waals surface area contributed by atoms with Crippen LogP contribution in [0.15, 0.2) is 72.9 Å². The number of amides is 1. The lowest BCUT2D eigenvalue weighted by Gasteiger charge is -2.24. The van der Waals surface area contributed by atoms with Crippen LogP contribution < -0.4 is 5.32 Å². The second-order valence-corrected chi connectivity index (χ2v) is 14.9. The number of allylic oxidation sites excluding steroid dienone is 12. The molecular weight excluding hydrogens is 671 g/mol. The highest BCUT2D eigenvalue weighted by molar-refractivity contribution is 5.77. The van der Waals surface area contributed by atoms with Crippen LogP contribution >= 0.6 is 0 Å². The molecule has 0 aliphatic heterocycles. The first-order valence-electron chi connectivity index (χ1n) is 22.2. The van der Waals surface area contributed by atoms with Gasteiger partial charge in [-0.15, -0.1) is 0 Å². The summed E-state index contributed by atoms with van der Waals surface area (Å²) in [5.74, 6) is -0.556. The Labute approximate surface area is 332 Å². The summed E-state index contributed by atoms with van der Waals surface area (Å²) in [6.07, 6.45) is 51.0. The molecule has 0 aromatic carbocycles. The van der Waals surface area contributed by atoms with Crippen LogP contribution in [0.4, 0.5) is 0 Å². The number of carbonyl (C=O) groups excluding carboxylic acids is 2. The van der Waals surface area contributed by atoms with Gasteiger partial charge in [-0.05, 0) is 38.5 Å². The van der Waals surface area contributed by atoms with Gasteiger partial charge in [0.15, 0.2) is 0 Å². The predicted octanol–water partition coefficient (Wildman–Crippen LogP) is 12.7. The molecule has 0 fully saturated rings. The molecule has 3 atom stereocenters. The number of ether oxygens (including phenoxy) is 1. The van der Waals surface area contributed by atoms with Crippen LogP contribution in [0.2, 0.25) is 0 Å². The van der Waals surface area contributed by atoms with Gasteiger partial charge in [0.25, 0.3) is 0 Å². The molecule has 6 nitrogen and oxygen atoms in total. The van der Waals surface area contributed by atoms with Crippen molar-refractivity contribution < 1.29 is 24.5 Å². The number of rotatable bonds is 38. The Morgan fingerprint density at radius 1 is 0.556 bits per heavy atom. The molecule has 0 aromatic rings. The van der Waals surface area contributed by atoms with Gasteiger partial charge in [0.2, 0.25) is 5.91 Å². The maximum atomic E-state index is 13.1. The zero-order chi connectivity index (χ0) is 39.6. The molecule has 3 N–H and O–H groups in total. The van der Waals surface area contributed by atoms with E-state index in [0.717, 1.165) is 57.8 Å². The average molecular weight is 754 g/mol. The van der Waals surface area contributed by atoms with Crippen LogP contribution in [0, 0.1) is 0 Å². The smallest absolute Gasteiger partial charge is 0.306 e. The summed E-state index contributed by atoms with van der Waals surface area (Å²) in [4.78, 5) is 25.9. The maximum Gasteiger partial charge on any atom is 0.306 e. The Morgan fingerprint density at radius 3 is 1.48 bits per heavy atom. The Bertz CT molecular complexity index is 1030. The maximum absolute atomic E-state index is 13.1. The van der Waals surface area contributed by atoms with Crippen LogP contribution in [0.3, 0.4) is 0 Å². The van der Waals surface area contributed by atoms with Crippen molar-refractivity contribution >= 4 is 11.9 Å². The molecule has 0 radical (unpaired) electrons. The Hall–Kier alpha value is -2.70. The number of aliphatic hydroxyl groups excluding tert-OH is 2. The molecule has 6 heteroatoms. The van der Waals surface area contributed by atoms with Gasteiger partial charge in [0, 0.05) is 6.42 Å². The van der Waals surface area contributed by atoms with E-state index < -0.39 is 18.2 Å². The lowest BCUT2D eigenvalue weighted by molar-refractivity contribution is -0.151. The highest BCUT2D eigenvalue weighted by atomic mass is 16.5. The molecule has 0 heterocycles. The van der Waals surface area contributed by atoms with Crippen molar-refractivity contribution in [1.82, 2.24) is 5.32 Å². The molecular formula is C48H83NO5. The number of carbonyl (C=O) groups is 2. The molecule has 1 amide bonds. The topological polar surface area (TPSA) is 95.9 Å². The third-order valence-corrected chi connectivity index (χ3v) is 9.71. The van der Waals surface area contributed by atoms with Crippen molar-refractivity contribution in [2.24, 2.45) is 0 Å². The van der Waals surface area contributed by atoms with E-state index in [1.165, 1.54) is 89.9 Å². The van der Waals surface area contributed by atoms with Crippen molar-refractivity contribution in [1.29, 1.82) is 0 Å². The number of hydrogen-bond acceptors (Lipinski definition) is 5. The Morgan fingerprint density at radius 2 is 1.00 bits per heavy atom. The van der Waals surface area contributed by atoms with Crippen molar-refractivity contribution in [3.05, 3.63) is 72.9 Å². The van der Waals surface area contributed by atoms with Crippen LogP contribution in [0.25, 0.3) is 0 Å². The van der Waals surface area contributed by atoms with Gasteiger partial charge < -0.3 is 20.3 Å². The van der Waals surface area contributed by atoms with E-state index in [1.54, 1.807) is 0 Å². The standard InChI is InChI=1S/C48H83NO5/c1-4-7-10-13-16-19-22-23-24-25-26-27-30-33-36-39-44(54-48(53)41-38-35-32-29-21-18-15-12-9-6-3)42-47(52)49-45(43-50)46(51)40-37-34-31-28-20-17-14-11-8-5-2/h7,10,13,16,19,22-27,30,44-46,50-51H,4-6,8-9,11-12,14-15,17-18,20-21,28-29,31-43H2,1-3H3,(H,49,52)/b10-7-,16-13+,22-19+,24-23-,26-25+,30-27+. The van der Waals surface area contributed by atoms with Crippen molar-refractivity contribution in [2.45, 2.75) is 212 Å². The fourth-order valence-corrected chi connectivity index (χ4v) is 6.35. The summed E-state index contributed by atoms with van der Waals surface area (Å²) in [7, 11) is 0. The highest BCUT2D eigenvalue weighted by Gasteiger charge is 2.24. The summed E-state index contributed by atoms with van der Waals surface area (Å²) in [6.45, 7) is 6.27. The zero-order valence-electron chi connectivity index (χ0n) is 35.1. The average Bonchev–Trinajstić information content (AvgIpc) is 3.16. The monoisotopic (exact) mass is 754 g/mol. The van der Waals surface area contributed by atoms with Gasteiger partial charge in [-0.25, -0.2) is 0 Å². The van der Waals surface area contributed by atoms with E-state index in [-0.39, 0.29) is 24.9 Å². The minimum absolute atomic E-state index is 0.0251. The van der Waals surface area contributed by atoms with E-state index in [4.69, 9.17) is 4.74 Å². The van der Waals surface area contributed by atoms with E-state index >= 15 is 0 Å². The minimum Gasteiger partial charge on any atom is -0.462 e. The molecule has 54 heavy (non-hydrogen) atoms. The summed E-state index contributed by atoms with van der Waals surface area (Å²) in [6, 6.07) is -0.724. The molecule has 0 saturated carbocycles. The zero-order valence-corrected chi connectivity index (χ0v) is 35.1. The van der Waals surface area contributed by atoms with E-state index in [2.05, 4.69) is 38.2 Å². The first-order valence-corrected chi connectivity index (χ1v) is 22.2. The Balaban J connectivity index is 4.79. The lowest BCUT2D eigenvalue weighted by atomic mass is 10.0. The van der Waals surface area contributed by atoms with Gasteiger partial charge in [-0.3, -0.25) is 9.59 Å². The Kier molecular flexibility index (Phi) is 39.4. The molecule has 0 aliphatic carbocycles. The van der Waals surface area contributed by atoms with Crippen molar-refractivity contribution in [3.63, 3.8) is 0 Å². The van der Waals surface area contributed by atoms with Crippen molar-refractivity contribution in [3.8, 4) is 0 Å². The number of hydrogen-bond donors (Lipinski definition) is 3. The van der Waals surface area contributed by atoms with E-state index in [9.17, 15) is 19.8 Å². The number of unbranched alkanes of at least 4 members (excludes halogenated alkanes) is 19. The molecule has 0 aliphatic rings. The molecule has 0 aromatic heterocycles. The van der Waals surface area contributed by atoms with Crippen LogP contribution in [0.1, 0.15) is 194 Å². The summed E-state index contributed by atoms with van der Waals surface area (Å²) < 4.78 is 5.85. The van der Waals surface area contributed by atoms with Crippen molar-refractivity contribution in [2.75, 3.05) is 6.61 Å². The SMILES string of the molecule is CC\C=C/C=C/C=C/C=C\C=C\C=C\CCCC(CC(=O)NC(CO)C(O)CCCCCCCCCCCC)OC(=O)CCCCCCCCCCCC. The molecule has 310 valence electrons. The van der Waals surface area contributed by atoms with E-state index in [1.807, 2.05) is 60.8 Å². The lowest BCUT2D eigenvalue weighted by Crippen LogP contribution is -2.46. The fraction of sp³-hybridized carbons (Fsp3) is 0.708. The quantitative estimate of drug-likeness (QED) is 0.0331. The largest absolute Gasteiger partial charge is 0.462 e. The predicted molar refractivity (Wildman–Crippen MR) is 231 cm³/mol. The molecule has 0 bridgehead atoms. The third-order valence-electron chi connectivity index (χ3n) is 9.71. The fourth-order valence-electron chi connectivity index (χ4n) is 6.35. The number of esters is 1. The van der Waals surface area contributed by atoms with Gasteiger partial charge in [-0.1, -0.05) is 216 Å². The van der Waals surface area contributed by atoms with E-state index in [0.29, 0.717) is 19.3 Å². The number of nitrogens with one attached hydrogen (secondary N) is 1. The summed E-state index contributed by atoms with van der Waals surface area (Å²) >= 11 is 0. The molecule has 3 unspecified atom stereocenters. The first kappa shape index (κ1) is 51.3. The summed E-state index contributed by atoms with van der Waals surface area (Å²) in [5.41, 5.74) is 0. The third kappa shape index (κ3) is 36.3.